The highest BCUT2D eigenvalue weighted by atomic mass is 32.1. The molecule has 0 atom stereocenters. The van der Waals surface area contributed by atoms with E-state index in [0.29, 0.717) is 5.75 Å². The average molecular weight is 392 g/mol. The summed E-state index contributed by atoms with van der Waals surface area (Å²) >= 11 is 0.799. The van der Waals surface area contributed by atoms with Crippen LogP contribution in [0.5, 0.6) is 5.75 Å². The number of pyridine rings is 1. The van der Waals surface area contributed by atoms with Crippen LogP contribution < -0.4 is 15.8 Å². The number of ether oxygens (including phenoxy) is 1. The van der Waals surface area contributed by atoms with Crippen molar-refractivity contribution >= 4 is 27.9 Å². The van der Waals surface area contributed by atoms with E-state index in [4.69, 9.17) is 15.6 Å². The summed E-state index contributed by atoms with van der Waals surface area (Å²) in [5.41, 5.74) is 5.54. The van der Waals surface area contributed by atoms with Gasteiger partial charge in [0.25, 0.3) is 5.91 Å². The third-order valence-corrected chi connectivity index (χ3v) is 4.33. The van der Waals surface area contributed by atoms with Gasteiger partial charge in [-0.2, -0.15) is 0 Å². The number of hydrogen-bond acceptors (Lipinski definition) is 7. The number of nitrogen functional groups attached to an aromatic ring is 1. The number of anilines is 2. The second-order valence-electron chi connectivity index (χ2n) is 5.23. The summed E-state index contributed by atoms with van der Waals surface area (Å²) in [4.78, 5) is 20.4. The second-order valence-corrected chi connectivity index (χ2v) is 6.26. The fraction of sp³-hybridized carbons (Fsp3) is 0.118. The number of nitrogens with one attached hydrogen (secondary N) is 1. The Morgan fingerprint density at radius 3 is 2.74 bits per heavy atom. The topological polar surface area (TPSA) is 110 Å². The number of nitrogens with two attached hydrogens (primary N) is 1. The molecule has 0 spiro atoms. The normalized spacial score (nSPS) is 10.6. The lowest BCUT2D eigenvalue weighted by Crippen LogP contribution is -2.15. The molecule has 0 bridgehead atoms. The maximum Gasteiger partial charge on any atom is 0.277 e. The minimum atomic E-state index is -0.803. The highest BCUT2D eigenvalue weighted by Crippen LogP contribution is 2.34. The summed E-state index contributed by atoms with van der Waals surface area (Å²) in [5.74, 6) is -2.00. The van der Waals surface area contributed by atoms with Crippen LogP contribution in [0, 0.1) is 11.6 Å². The van der Waals surface area contributed by atoms with Gasteiger partial charge in [-0.25, -0.2) is 13.8 Å². The standard InChI is InChI=1S/C17H14F2N4O3S/c18-9-2-1-3-10(19)13(9)17-23-14(15(20)27-17)16(25)22-11-8-21-5-4-12(11)26-7-6-24/h1-5,8,24H,6-7,20H2,(H,22,25). The second kappa shape index (κ2) is 8.06. The molecule has 3 aromatic rings. The van der Waals surface area contributed by atoms with Crippen LogP contribution in [-0.4, -0.2) is 34.2 Å². The van der Waals surface area contributed by atoms with E-state index in [0.717, 1.165) is 23.5 Å². The number of carbonyl (C=O) groups excluding carboxylic acids is 1. The van der Waals surface area contributed by atoms with Gasteiger partial charge in [0.1, 0.15) is 39.7 Å². The van der Waals surface area contributed by atoms with E-state index in [2.05, 4.69) is 15.3 Å². The lowest BCUT2D eigenvalue weighted by molar-refractivity contribution is 0.102. The molecule has 0 saturated heterocycles. The molecule has 27 heavy (non-hydrogen) atoms. The predicted octanol–water partition coefficient (Wildman–Crippen LogP) is 2.69. The summed E-state index contributed by atoms with van der Waals surface area (Å²) in [6.45, 7) is -0.172. The SMILES string of the molecule is Nc1sc(-c2c(F)cccc2F)nc1C(=O)Nc1cnccc1OCCO. The molecule has 2 aromatic heterocycles. The van der Waals surface area contributed by atoms with Gasteiger partial charge in [-0.1, -0.05) is 17.4 Å². The Labute approximate surface area is 156 Å². The van der Waals surface area contributed by atoms with Crippen LogP contribution in [-0.2, 0) is 0 Å². The molecule has 0 radical (unpaired) electrons. The molecule has 0 aliphatic carbocycles. The van der Waals surface area contributed by atoms with Gasteiger partial charge in [-0.15, -0.1) is 0 Å². The number of rotatable bonds is 6. The molecule has 140 valence electrons. The first-order chi connectivity index (χ1) is 13.0. The largest absolute Gasteiger partial charge is 0.489 e. The average Bonchev–Trinajstić information content (AvgIpc) is 3.02. The first-order valence-electron chi connectivity index (χ1n) is 7.71. The summed E-state index contributed by atoms with van der Waals surface area (Å²) in [5, 5.41) is 11.4. The van der Waals surface area contributed by atoms with E-state index < -0.39 is 17.5 Å². The number of carbonyl (C=O) groups is 1. The third-order valence-electron chi connectivity index (χ3n) is 3.42. The first-order valence-corrected chi connectivity index (χ1v) is 8.52. The summed E-state index contributed by atoms with van der Waals surface area (Å²) in [6.07, 6.45) is 2.81. The van der Waals surface area contributed by atoms with Crippen molar-refractivity contribution in [2.24, 2.45) is 0 Å². The fourth-order valence-electron chi connectivity index (χ4n) is 2.24. The lowest BCUT2D eigenvalue weighted by Gasteiger charge is -2.10. The van der Waals surface area contributed by atoms with Crippen molar-refractivity contribution in [3.8, 4) is 16.3 Å². The number of aliphatic hydroxyl groups excluding tert-OH is 1. The van der Waals surface area contributed by atoms with Crippen LogP contribution in [0.1, 0.15) is 10.5 Å². The van der Waals surface area contributed by atoms with E-state index in [-0.39, 0.29) is 40.2 Å². The van der Waals surface area contributed by atoms with Crippen molar-refractivity contribution in [2.45, 2.75) is 0 Å². The number of amides is 1. The number of aromatic nitrogens is 2. The molecule has 7 nitrogen and oxygen atoms in total. The third kappa shape index (κ3) is 4.01. The van der Waals surface area contributed by atoms with E-state index in [1.807, 2.05) is 0 Å². The van der Waals surface area contributed by atoms with Crippen LogP contribution in [0.4, 0.5) is 19.5 Å². The molecule has 4 N–H and O–H groups in total. The van der Waals surface area contributed by atoms with Gasteiger partial charge in [0.05, 0.1) is 18.4 Å². The number of thiazole rings is 1. The maximum absolute atomic E-state index is 13.9. The predicted molar refractivity (Wildman–Crippen MR) is 96.6 cm³/mol. The fourth-order valence-corrected chi connectivity index (χ4v) is 3.12. The Morgan fingerprint density at radius 1 is 1.30 bits per heavy atom. The molecular formula is C17H14F2N4O3S. The van der Waals surface area contributed by atoms with Crippen molar-refractivity contribution in [3.63, 3.8) is 0 Å². The van der Waals surface area contributed by atoms with Crippen molar-refractivity contribution < 1.29 is 23.4 Å². The number of halogens is 2. The maximum atomic E-state index is 13.9. The van der Waals surface area contributed by atoms with E-state index in [9.17, 15) is 13.6 Å². The minimum Gasteiger partial charge on any atom is -0.489 e. The van der Waals surface area contributed by atoms with Crippen molar-refractivity contribution in [1.82, 2.24) is 9.97 Å². The van der Waals surface area contributed by atoms with Crippen LogP contribution in [0.2, 0.25) is 0 Å². The molecule has 0 saturated carbocycles. The van der Waals surface area contributed by atoms with Crippen LogP contribution in [0.3, 0.4) is 0 Å². The van der Waals surface area contributed by atoms with Crippen LogP contribution in [0.15, 0.2) is 36.7 Å². The van der Waals surface area contributed by atoms with Gasteiger partial charge in [-0.05, 0) is 12.1 Å². The van der Waals surface area contributed by atoms with E-state index in [1.54, 1.807) is 0 Å². The summed E-state index contributed by atoms with van der Waals surface area (Å²) in [6, 6.07) is 4.93. The van der Waals surface area contributed by atoms with Gasteiger partial charge >= 0.3 is 0 Å². The zero-order valence-electron chi connectivity index (χ0n) is 13.8. The molecule has 0 unspecified atom stereocenters. The van der Waals surface area contributed by atoms with Crippen molar-refractivity contribution in [1.29, 1.82) is 0 Å². The molecule has 0 fully saturated rings. The lowest BCUT2D eigenvalue weighted by atomic mass is 10.2. The van der Waals surface area contributed by atoms with Crippen molar-refractivity contribution in [2.75, 3.05) is 24.3 Å². The van der Waals surface area contributed by atoms with E-state index in [1.165, 1.54) is 24.5 Å². The molecule has 0 aliphatic rings. The molecule has 1 aromatic carbocycles. The summed E-state index contributed by atoms with van der Waals surface area (Å²) < 4.78 is 33.2. The highest BCUT2D eigenvalue weighted by molar-refractivity contribution is 7.19. The van der Waals surface area contributed by atoms with Crippen LogP contribution >= 0.6 is 11.3 Å². The summed E-state index contributed by atoms with van der Waals surface area (Å²) in [7, 11) is 0. The number of benzene rings is 1. The smallest absolute Gasteiger partial charge is 0.277 e. The van der Waals surface area contributed by atoms with Gasteiger partial charge in [0.2, 0.25) is 0 Å². The zero-order chi connectivity index (χ0) is 19.4. The molecule has 3 rings (SSSR count). The molecule has 2 heterocycles. The van der Waals surface area contributed by atoms with Gasteiger partial charge in [-0.3, -0.25) is 9.78 Å². The Hall–Kier alpha value is -3.11. The van der Waals surface area contributed by atoms with Gasteiger partial charge in [0.15, 0.2) is 5.69 Å². The monoisotopic (exact) mass is 392 g/mol. The van der Waals surface area contributed by atoms with Gasteiger partial charge < -0.3 is 20.9 Å². The zero-order valence-corrected chi connectivity index (χ0v) is 14.6. The van der Waals surface area contributed by atoms with E-state index >= 15 is 0 Å². The van der Waals surface area contributed by atoms with Gasteiger partial charge in [0, 0.05) is 12.3 Å². The molecule has 0 aliphatic heterocycles. The Bertz CT molecular complexity index is 960. The van der Waals surface area contributed by atoms with Crippen LogP contribution in [0.25, 0.3) is 10.6 Å². The Kier molecular flexibility index (Phi) is 5.57. The first kappa shape index (κ1) is 18.7. The number of aliphatic hydroxyl groups is 1. The number of hydrogen-bond donors (Lipinski definition) is 3. The molecule has 10 heteroatoms. The number of nitrogens with zero attached hydrogens (tertiary/aromatic N) is 2. The molecule has 1 amide bonds. The quantitative estimate of drug-likeness (QED) is 0.595. The Balaban J connectivity index is 1.88. The minimum absolute atomic E-state index is 0.00636. The Morgan fingerprint density at radius 2 is 2.04 bits per heavy atom. The highest BCUT2D eigenvalue weighted by Gasteiger charge is 2.22. The van der Waals surface area contributed by atoms with Crippen molar-refractivity contribution in [3.05, 3.63) is 54.0 Å². The molecular weight excluding hydrogens is 378 g/mol.